The minimum Gasteiger partial charge on any atom is -0.491 e. The smallest absolute Gasteiger partial charge is 0.311 e. The molecule has 0 aliphatic rings. The highest BCUT2D eigenvalue weighted by Crippen LogP contribution is 2.32. The van der Waals surface area contributed by atoms with Crippen LogP contribution in [0.3, 0.4) is 0 Å². The predicted octanol–water partition coefficient (Wildman–Crippen LogP) is 4.96. The third-order valence-corrected chi connectivity index (χ3v) is 5.03. The van der Waals surface area contributed by atoms with Crippen molar-refractivity contribution in [3.63, 3.8) is 0 Å². The Labute approximate surface area is 179 Å². The molecule has 156 valence electrons. The molecule has 1 N–H and O–H groups in total. The van der Waals surface area contributed by atoms with E-state index in [1.165, 1.54) is 11.3 Å². The van der Waals surface area contributed by atoms with Crippen molar-refractivity contribution >= 4 is 28.3 Å². The molecule has 1 aromatic heterocycles. The molecule has 0 saturated heterocycles. The van der Waals surface area contributed by atoms with Gasteiger partial charge < -0.3 is 9.47 Å². The number of rotatable bonds is 8. The van der Waals surface area contributed by atoms with E-state index < -0.39 is 0 Å². The van der Waals surface area contributed by atoms with Crippen molar-refractivity contribution in [3.8, 4) is 17.0 Å². The Morgan fingerprint density at radius 3 is 2.40 bits per heavy atom. The molecule has 0 aliphatic carbocycles. The zero-order valence-corrected chi connectivity index (χ0v) is 18.0. The fraction of sp³-hybridized carbons (Fsp3) is 0.261. The predicted molar refractivity (Wildman–Crippen MR) is 118 cm³/mol. The number of esters is 1. The Bertz CT molecular complexity index is 998. The third-order valence-electron chi connectivity index (χ3n) is 4.06. The normalized spacial score (nSPS) is 10.7. The number of carbonyl (C=O) groups is 2. The summed E-state index contributed by atoms with van der Waals surface area (Å²) in [6.07, 6.45) is 0.168. The summed E-state index contributed by atoms with van der Waals surface area (Å²) < 4.78 is 10.7. The minimum atomic E-state index is -0.322. The molecule has 0 atom stereocenters. The van der Waals surface area contributed by atoms with Crippen LogP contribution in [0.5, 0.6) is 5.75 Å². The van der Waals surface area contributed by atoms with E-state index in [1.54, 1.807) is 31.2 Å². The molecule has 3 aromatic rings. The van der Waals surface area contributed by atoms with Gasteiger partial charge in [-0.2, -0.15) is 0 Å². The highest BCUT2D eigenvalue weighted by atomic mass is 32.1. The van der Waals surface area contributed by atoms with Crippen LogP contribution in [0.2, 0.25) is 0 Å². The third kappa shape index (κ3) is 5.67. The average Bonchev–Trinajstić information content (AvgIpc) is 3.10. The molecule has 0 radical (unpaired) electrons. The second-order valence-corrected chi connectivity index (χ2v) is 7.87. The van der Waals surface area contributed by atoms with Gasteiger partial charge in [0.25, 0.3) is 5.91 Å². The molecule has 1 heterocycles. The van der Waals surface area contributed by atoms with Crippen molar-refractivity contribution in [2.75, 3.05) is 11.9 Å². The molecule has 1 amide bonds. The molecular weight excluding hydrogens is 400 g/mol. The Morgan fingerprint density at radius 1 is 1.07 bits per heavy atom. The lowest BCUT2D eigenvalue weighted by Gasteiger charge is -2.09. The zero-order valence-electron chi connectivity index (χ0n) is 17.2. The number of nitrogens with one attached hydrogen (secondary N) is 1. The molecular formula is C23H24N2O4S. The summed E-state index contributed by atoms with van der Waals surface area (Å²) in [5.74, 6) is 0.109. The van der Waals surface area contributed by atoms with Crippen LogP contribution in [0.1, 0.15) is 36.0 Å². The maximum Gasteiger partial charge on any atom is 0.311 e. The van der Waals surface area contributed by atoms with Crippen molar-refractivity contribution in [2.24, 2.45) is 0 Å². The van der Waals surface area contributed by atoms with Crippen LogP contribution in [0.15, 0.2) is 54.6 Å². The van der Waals surface area contributed by atoms with Gasteiger partial charge >= 0.3 is 5.97 Å². The van der Waals surface area contributed by atoms with Crippen molar-refractivity contribution < 1.29 is 19.1 Å². The standard InChI is InChI=1S/C23H24N2O4S/c1-4-28-20(26)14-19-21(16-8-6-5-7-9-16)24-23(30-19)25-22(27)17-10-12-18(13-11-17)29-15(2)3/h5-13,15H,4,14H2,1-3H3,(H,24,25,27). The van der Waals surface area contributed by atoms with E-state index in [2.05, 4.69) is 10.3 Å². The van der Waals surface area contributed by atoms with Gasteiger partial charge in [0.15, 0.2) is 5.13 Å². The van der Waals surface area contributed by atoms with Crippen LogP contribution in [0.4, 0.5) is 5.13 Å². The van der Waals surface area contributed by atoms with Crippen molar-refractivity contribution in [1.29, 1.82) is 0 Å². The number of hydrogen-bond donors (Lipinski definition) is 1. The van der Waals surface area contributed by atoms with Gasteiger partial charge in [-0.15, -0.1) is 11.3 Å². The van der Waals surface area contributed by atoms with Crippen molar-refractivity contribution in [3.05, 3.63) is 65.0 Å². The number of aromatic nitrogens is 1. The van der Waals surface area contributed by atoms with Gasteiger partial charge in [-0.05, 0) is 45.0 Å². The maximum atomic E-state index is 12.7. The molecule has 0 saturated carbocycles. The quantitative estimate of drug-likeness (QED) is 0.518. The summed E-state index contributed by atoms with van der Waals surface area (Å²) in [4.78, 5) is 30.0. The number of amides is 1. The zero-order chi connectivity index (χ0) is 21.5. The van der Waals surface area contributed by atoms with E-state index in [1.807, 2.05) is 44.2 Å². The Kier molecular flexibility index (Phi) is 7.19. The number of nitrogens with zero attached hydrogens (tertiary/aromatic N) is 1. The molecule has 0 unspecified atom stereocenters. The Hall–Kier alpha value is -3.19. The molecule has 0 fully saturated rings. The van der Waals surface area contributed by atoms with Gasteiger partial charge in [0.1, 0.15) is 5.75 Å². The van der Waals surface area contributed by atoms with E-state index in [0.717, 1.165) is 10.4 Å². The van der Waals surface area contributed by atoms with Crippen LogP contribution in [0.25, 0.3) is 11.3 Å². The topological polar surface area (TPSA) is 77.5 Å². The van der Waals surface area contributed by atoms with Gasteiger partial charge in [0.2, 0.25) is 0 Å². The lowest BCUT2D eigenvalue weighted by Crippen LogP contribution is -2.12. The fourth-order valence-corrected chi connectivity index (χ4v) is 3.78. The first kappa shape index (κ1) is 21.5. The summed E-state index contributed by atoms with van der Waals surface area (Å²) in [7, 11) is 0. The molecule has 0 spiro atoms. The van der Waals surface area contributed by atoms with Crippen molar-refractivity contribution in [2.45, 2.75) is 33.3 Å². The van der Waals surface area contributed by atoms with Gasteiger partial charge in [-0.25, -0.2) is 4.98 Å². The number of carbonyl (C=O) groups excluding carboxylic acids is 2. The van der Waals surface area contributed by atoms with Crippen molar-refractivity contribution in [1.82, 2.24) is 4.98 Å². The summed E-state index contributed by atoms with van der Waals surface area (Å²) in [6.45, 7) is 5.98. The second kappa shape index (κ2) is 10.0. The van der Waals surface area contributed by atoms with Crippen LogP contribution in [0, 0.1) is 0 Å². The van der Waals surface area contributed by atoms with Gasteiger partial charge in [0.05, 0.1) is 24.8 Å². The maximum absolute atomic E-state index is 12.7. The van der Waals surface area contributed by atoms with Crippen LogP contribution in [-0.2, 0) is 16.0 Å². The Morgan fingerprint density at radius 2 is 1.77 bits per heavy atom. The lowest BCUT2D eigenvalue weighted by atomic mass is 10.1. The molecule has 3 rings (SSSR count). The highest BCUT2D eigenvalue weighted by Gasteiger charge is 2.18. The first-order chi connectivity index (χ1) is 14.5. The number of anilines is 1. The van der Waals surface area contributed by atoms with E-state index in [9.17, 15) is 9.59 Å². The summed E-state index contributed by atoms with van der Waals surface area (Å²) >= 11 is 1.27. The van der Waals surface area contributed by atoms with Crippen LogP contribution in [-0.4, -0.2) is 29.6 Å². The van der Waals surface area contributed by atoms with Gasteiger partial charge in [0, 0.05) is 16.0 Å². The SMILES string of the molecule is CCOC(=O)Cc1sc(NC(=O)c2ccc(OC(C)C)cc2)nc1-c1ccccc1. The van der Waals surface area contributed by atoms with Gasteiger partial charge in [-0.3, -0.25) is 14.9 Å². The fourth-order valence-electron chi connectivity index (χ4n) is 2.82. The highest BCUT2D eigenvalue weighted by molar-refractivity contribution is 7.16. The summed E-state index contributed by atoms with van der Waals surface area (Å²) in [5, 5.41) is 3.26. The largest absolute Gasteiger partial charge is 0.491 e. The first-order valence-corrected chi connectivity index (χ1v) is 10.6. The Balaban J connectivity index is 1.80. The number of thiazole rings is 1. The first-order valence-electron chi connectivity index (χ1n) is 9.75. The van der Waals surface area contributed by atoms with E-state index in [4.69, 9.17) is 9.47 Å². The summed E-state index contributed by atoms with van der Waals surface area (Å²) in [5.41, 5.74) is 2.04. The van der Waals surface area contributed by atoms with E-state index in [0.29, 0.717) is 28.7 Å². The molecule has 2 aromatic carbocycles. The van der Waals surface area contributed by atoms with E-state index in [-0.39, 0.29) is 24.4 Å². The lowest BCUT2D eigenvalue weighted by molar-refractivity contribution is -0.142. The van der Waals surface area contributed by atoms with E-state index >= 15 is 0 Å². The number of benzene rings is 2. The van der Waals surface area contributed by atoms with Crippen LogP contribution < -0.4 is 10.1 Å². The number of hydrogen-bond acceptors (Lipinski definition) is 6. The average molecular weight is 425 g/mol. The second-order valence-electron chi connectivity index (χ2n) is 6.78. The minimum absolute atomic E-state index is 0.0641. The number of ether oxygens (including phenoxy) is 2. The molecule has 0 aliphatic heterocycles. The molecule has 6 nitrogen and oxygen atoms in total. The monoisotopic (exact) mass is 424 g/mol. The summed E-state index contributed by atoms with van der Waals surface area (Å²) in [6, 6.07) is 16.5. The van der Waals surface area contributed by atoms with Crippen LogP contribution >= 0.6 is 11.3 Å². The van der Waals surface area contributed by atoms with Gasteiger partial charge in [-0.1, -0.05) is 30.3 Å². The molecule has 30 heavy (non-hydrogen) atoms. The molecule has 0 bridgehead atoms. The molecule has 7 heteroatoms.